The quantitative estimate of drug-likeness (QED) is 0.534. The first-order valence-electron chi connectivity index (χ1n) is 11.6. The fourth-order valence-electron chi connectivity index (χ4n) is 4.05. The van der Waals surface area contributed by atoms with Crippen LogP contribution in [0.25, 0.3) is 0 Å². The van der Waals surface area contributed by atoms with E-state index >= 15 is 0 Å². The van der Waals surface area contributed by atoms with Gasteiger partial charge in [-0.25, -0.2) is 22.8 Å². The minimum Gasteiger partial charge on any atom is -0.445 e. The summed E-state index contributed by atoms with van der Waals surface area (Å²) in [7, 11) is 0. The lowest BCUT2D eigenvalue weighted by Crippen LogP contribution is -2.49. The molecule has 1 N–H and O–H groups in total. The maximum atomic E-state index is 14.3. The largest absolute Gasteiger partial charge is 0.445 e. The Balaban J connectivity index is 1.64. The summed E-state index contributed by atoms with van der Waals surface area (Å²) in [6.45, 7) is 6.08. The van der Waals surface area contributed by atoms with Crippen LogP contribution in [0.15, 0.2) is 42.5 Å². The van der Waals surface area contributed by atoms with Gasteiger partial charge in [0.2, 0.25) is 0 Å². The van der Waals surface area contributed by atoms with Crippen LogP contribution in [0.2, 0.25) is 0 Å². The minimum absolute atomic E-state index is 0.0466. The standard InChI is InChI=1S/C26H31F3N2O4/c1-26(2,3)35-24(32)30-23(14-19-13-21(28)22(29)15-20(19)27)18-9-11-31(12-10-18)25(33)34-16-17-7-5-4-6-8-17/h4-8,13,15,18,23H,9-12,14,16H2,1-3H3,(H,30,32)/t23-/m0/s1. The second-order valence-electron chi connectivity index (χ2n) is 9.68. The number of hydrogen-bond donors (Lipinski definition) is 1. The molecule has 1 fully saturated rings. The van der Waals surface area contributed by atoms with Crippen LogP contribution in [0, 0.1) is 23.4 Å². The summed E-state index contributed by atoms with van der Waals surface area (Å²) in [5.41, 5.74) is 0.0915. The molecule has 190 valence electrons. The molecule has 3 rings (SSSR count). The molecular weight excluding hydrogens is 461 g/mol. The van der Waals surface area contributed by atoms with E-state index in [9.17, 15) is 22.8 Å². The van der Waals surface area contributed by atoms with Crippen molar-refractivity contribution < 1.29 is 32.2 Å². The zero-order valence-corrected chi connectivity index (χ0v) is 20.2. The second-order valence-corrected chi connectivity index (χ2v) is 9.68. The number of alkyl carbamates (subject to hydrolysis) is 1. The van der Waals surface area contributed by atoms with E-state index in [1.54, 1.807) is 25.7 Å². The van der Waals surface area contributed by atoms with Gasteiger partial charge in [0.25, 0.3) is 0 Å². The number of hydrogen-bond acceptors (Lipinski definition) is 4. The fraction of sp³-hybridized carbons (Fsp3) is 0.462. The Hall–Kier alpha value is -3.23. The summed E-state index contributed by atoms with van der Waals surface area (Å²) < 4.78 is 52.2. The number of benzene rings is 2. The predicted octanol–water partition coefficient (Wildman–Crippen LogP) is 5.59. The smallest absolute Gasteiger partial charge is 0.410 e. The number of carbonyl (C=O) groups is 2. The summed E-state index contributed by atoms with van der Waals surface area (Å²) in [5.74, 6) is -3.46. The molecule has 1 aliphatic rings. The Kier molecular flexibility index (Phi) is 8.64. The fourth-order valence-corrected chi connectivity index (χ4v) is 4.05. The molecule has 6 nitrogen and oxygen atoms in total. The zero-order chi connectivity index (χ0) is 25.6. The summed E-state index contributed by atoms with van der Waals surface area (Å²) in [4.78, 5) is 26.5. The average molecular weight is 493 g/mol. The predicted molar refractivity (Wildman–Crippen MR) is 124 cm³/mol. The number of carbonyl (C=O) groups excluding carboxylic acids is 2. The lowest BCUT2D eigenvalue weighted by molar-refractivity contribution is 0.0450. The van der Waals surface area contributed by atoms with Gasteiger partial charge in [-0.05, 0) is 63.1 Å². The number of halogens is 3. The third-order valence-corrected chi connectivity index (χ3v) is 5.80. The van der Waals surface area contributed by atoms with E-state index in [0.717, 1.165) is 11.6 Å². The van der Waals surface area contributed by atoms with Crippen molar-refractivity contribution in [3.63, 3.8) is 0 Å². The third kappa shape index (κ3) is 7.90. The van der Waals surface area contributed by atoms with Crippen LogP contribution < -0.4 is 5.32 Å². The van der Waals surface area contributed by atoms with Crippen molar-refractivity contribution in [2.24, 2.45) is 5.92 Å². The van der Waals surface area contributed by atoms with Crippen LogP contribution in [0.3, 0.4) is 0 Å². The molecule has 0 saturated carbocycles. The summed E-state index contributed by atoms with van der Waals surface area (Å²) >= 11 is 0. The Morgan fingerprint density at radius 2 is 1.66 bits per heavy atom. The number of piperidine rings is 1. The van der Waals surface area contributed by atoms with E-state index in [1.807, 2.05) is 30.3 Å². The number of rotatable bonds is 6. The first-order valence-corrected chi connectivity index (χ1v) is 11.6. The molecule has 0 aromatic heterocycles. The lowest BCUT2D eigenvalue weighted by atomic mass is 9.86. The number of nitrogens with zero attached hydrogens (tertiary/aromatic N) is 1. The van der Waals surface area contributed by atoms with Crippen molar-refractivity contribution >= 4 is 12.2 Å². The van der Waals surface area contributed by atoms with Crippen LogP contribution in [-0.2, 0) is 22.5 Å². The molecule has 2 amide bonds. The van der Waals surface area contributed by atoms with Crippen molar-refractivity contribution in [1.29, 1.82) is 0 Å². The van der Waals surface area contributed by atoms with Crippen LogP contribution in [0.1, 0.15) is 44.7 Å². The number of amides is 2. The van der Waals surface area contributed by atoms with Gasteiger partial charge in [-0.1, -0.05) is 30.3 Å². The van der Waals surface area contributed by atoms with Gasteiger partial charge < -0.3 is 19.7 Å². The Morgan fingerprint density at radius 1 is 1.03 bits per heavy atom. The highest BCUT2D eigenvalue weighted by molar-refractivity contribution is 5.68. The Bertz CT molecular complexity index is 1020. The minimum atomic E-state index is -1.27. The van der Waals surface area contributed by atoms with E-state index in [4.69, 9.17) is 9.47 Å². The summed E-state index contributed by atoms with van der Waals surface area (Å²) in [6, 6.07) is 10.0. The molecule has 35 heavy (non-hydrogen) atoms. The van der Waals surface area contributed by atoms with E-state index in [0.29, 0.717) is 32.0 Å². The van der Waals surface area contributed by atoms with E-state index in [2.05, 4.69) is 5.32 Å². The van der Waals surface area contributed by atoms with Gasteiger partial charge in [0, 0.05) is 25.2 Å². The molecule has 0 aliphatic carbocycles. The van der Waals surface area contributed by atoms with Crippen molar-refractivity contribution in [3.8, 4) is 0 Å². The zero-order valence-electron chi connectivity index (χ0n) is 20.2. The maximum Gasteiger partial charge on any atom is 0.410 e. The SMILES string of the molecule is CC(C)(C)OC(=O)N[C@@H](Cc1cc(F)c(F)cc1F)C1CCN(C(=O)OCc2ccccc2)CC1. The van der Waals surface area contributed by atoms with Crippen LogP contribution in [-0.4, -0.2) is 41.8 Å². The maximum absolute atomic E-state index is 14.3. The van der Waals surface area contributed by atoms with Gasteiger partial charge in [-0.15, -0.1) is 0 Å². The molecule has 0 radical (unpaired) electrons. The van der Waals surface area contributed by atoms with Gasteiger partial charge in [0.1, 0.15) is 18.0 Å². The molecule has 0 bridgehead atoms. The monoisotopic (exact) mass is 492 g/mol. The normalized spacial score (nSPS) is 15.4. The van der Waals surface area contributed by atoms with Crippen molar-refractivity contribution in [3.05, 3.63) is 71.0 Å². The number of ether oxygens (including phenoxy) is 2. The van der Waals surface area contributed by atoms with Crippen LogP contribution >= 0.6 is 0 Å². The van der Waals surface area contributed by atoms with Crippen LogP contribution in [0.4, 0.5) is 22.8 Å². The highest BCUT2D eigenvalue weighted by Gasteiger charge is 2.32. The summed E-state index contributed by atoms with van der Waals surface area (Å²) in [5, 5.41) is 2.77. The van der Waals surface area contributed by atoms with Gasteiger partial charge in [0.05, 0.1) is 0 Å². The van der Waals surface area contributed by atoms with Gasteiger partial charge >= 0.3 is 12.2 Å². The molecule has 1 heterocycles. The molecule has 9 heteroatoms. The number of nitrogens with one attached hydrogen (secondary N) is 1. The summed E-state index contributed by atoms with van der Waals surface area (Å²) in [6.07, 6.45) is -0.158. The molecule has 0 spiro atoms. The average Bonchev–Trinajstić information content (AvgIpc) is 2.80. The molecule has 1 aliphatic heterocycles. The molecule has 2 aromatic rings. The van der Waals surface area contributed by atoms with Crippen molar-refractivity contribution in [2.45, 2.75) is 58.3 Å². The molecule has 2 aromatic carbocycles. The second kappa shape index (κ2) is 11.5. The molecule has 1 saturated heterocycles. The van der Waals surface area contributed by atoms with Gasteiger partial charge in [0.15, 0.2) is 11.6 Å². The first-order chi connectivity index (χ1) is 16.5. The molecular formula is C26H31F3N2O4. The van der Waals surface area contributed by atoms with E-state index in [1.165, 1.54) is 0 Å². The topological polar surface area (TPSA) is 67.9 Å². The first kappa shape index (κ1) is 26.4. The van der Waals surface area contributed by atoms with Crippen LogP contribution in [0.5, 0.6) is 0 Å². The van der Waals surface area contributed by atoms with E-state index < -0.39 is 41.3 Å². The third-order valence-electron chi connectivity index (χ3n) is 5.80. The Labute approximate surface area is 203 Å². The van der Waals surface area contributed by atoms with Crippen molar-refractivity contribution in [1.82, 2.24) is 10.2 Å². The highest BCUT2D eigenvalue weighted by atomic mass is 19.2. The van der Waals surface area contributed by atoms with Gasteiger partial charge in [-0.3, -0.25) is 0 Å². The Morgan fingerprint density at radius 3 is 2.29 bits per heavy atom. The molecule has 0 unspecified atom stereocenters. The molecule has 1 atom stereocenters. The van der Waals surface area contributed by atoms with E-state index in [-0.39, 0.29) is 24.5 Å². The van der Waals surface area contributed by atoms with Gasteiger partial charge in [-0.2, -0.15) is 0 Å². The lowest BCUT2D eigenvalue weighted by Gasteiger charge is -2.36. The highest BCUT2D eigenvalue weighted by Crippen LogP contribution is 2.26. The van der Waals surface area contributed by atoms with Crippen molar-refractivity contribution in [2.75, 3.05) is 13.1 Å². The number of likely N-dealkylation sites (tertiary alicyclic amines) is 1.